The van der Waals surface area contributed by atoms with Gasteiger partial charge in [0.15, 0.2) is 0 Å². The fraction of sp³-hybridized carbons (Fsp3) is 0.286. The number of rotatable bonds is 4. The van der Waals surface area contributed by atoms with Crippen molar-refractivity contribution < 1.29 is 35.2 Å². The smallest absolute Gasteiger partial charge is 0.476 e. The molecule has 1 fully saturated rings. The lowest BCUT2D eigenvalue weighted by Crippen LogP contribution is -2.59. The SMILES string of the molecule is FC(F)(F)C1=NN2C(c3ccccc3)CCC[Si]2(O/C(=N/N=C/c2ccccc2)C(F)(F)F)O1. The Labute approximate surface area is 191 Å². The number of fused-ring (bicyclic) bond motifs is 1. The first kappa shape index (κ1) is 23.8. The molecule has 1 saturated heterocycles. The van der Waals surface area contributed by atoms with Crippen molar-refractivity contribution in [1.29, 1.82) is 0 Å². The fourth-order valence-corrected chi connectivity index (χ4v) is 6.92. The van der Waals surface area contributed by atoms with Gasteiger partial charge in [-0.25, -0.2) is 4.67 Å². The molecule has 2 unspecified atom stereocenters. The zero-order chi connectivity index (χ0) is 24.4. The van der Waals surface area contributed by atoms with E-state index in [1.807, 2.05) is 0 Å². The monoisotopic (exact) mass is 500 g/mol. The Hall–Kier alpha value is -3.35. The lowest BCUT2D eigenvalue weighted by Gasteiger charge is -2.40. The van der Waals surface area contributed by atoms with Crippen LogP contribution < -0.4 is 0 Å². The van der Waals surface area contributed by atoms with Crippen LogP contribution >= 0.6 is 0 Å². The van der Waals surface area contributed by atoms with E-state index in [0.717, 1.165) is 10.9 Å². The number of benzene rings is 2. The van der Waals surface area contributed by atoms with Crippen LogP contribution in [0.2, 0.25) is 6.04 Å². The Bertz CT molecular complexity index is 1090. The van der Waals surface area contributed by atoms with Gasteiger partial charge in [0.2, 0.25) is 0 Å². The highest BCUT2D eigenvalue weighted by Crippen LogP contribution is 2.45. The average Bonchev–Trinajstić information content (AvgIpc) is 3.19. The maximum atomic E-state index is 13.8. The Morgan fingerprint density at radius 2 is 1.68 bits per heavy atom. The number of alkyl halides is 6. The van der Waals surface area contributed by atoms with Crippen LogP contribution in [-0.4, -0.2) is 43.8 Å². The van der Waals surface area contributed by atoms with Gasteiger partial charge in [0.25, 0.3) is 0 Å². The summed E-state index contributed by atoms with van der Waals surface area (Å²) in [5.41, 5.74) is 1.07. The maximum absolute atomic E-state index is 13.8. The van der Waals surface area contributed by atoms with E-state index in [4.69, 9.17) is 8.85 Å². The molecule has 2 heterocycles. The lowest BCUT2D eigenvalue weighted by atomic mass is 10.0. The van der Waals surface area contributed by atoms with E-state index in [2.05, 4.69) is 15.3 Å². The molecule has 6 nitrogen and oxygen atoms in total. The first-order valence-corrected chi connectivity index (χ1v) is 12.2. The van der Waals surface area contributed by atoms with Gasteiger partial charge in [0.05, 0.1) is 12.3 Å². The molecule has 34 heavy (non-hydrogen) atoms. The largest absolute Gasteiger partial charge is 0.607 e. The topological polar surface area (TPSA) is 58.8 Å². The van der Waals surface area contributed by atoms with E-state index in [-0.39, 0.29) is 12.5 Å². The third-order valence-corrected chi connectivity index (χ3v) is 8.27. The van der Waals surface area contributed by atoms with Gasteiger partial charge < -0.3 is 8.85 Å². The zero-order valence-electron chi connectivity index (χ0n) is 17.4. The van der Waals surface area contributed by atoms with Crippen LogP contribution in [0, 0.1) is 0 Å². The van der Waals surface area contributed by atoms with Crippen LogP contribution in [0.3, 0.4) is 0 Å². The molecule has 0 N–H and O–H groups in total. The number of hydrogen-bond acceptors (Lipinski definition) is 6. The highest BCUT2D eigenvalue weighted by molar-refractivity contribution is 6.69. The van der Waals surface area contributed by atoms with E-state index in [1.165, 1.54) is 0 Å². The molecular formula is C21H18F6N4O2Si. The van der Waals surface area contributed by atoms with Crippen molar-refractivity contribution in [3.8, 4) is 0 Å². The summed E-state index contributed by atoms with van der Waals surface area (Å²) < 4.78 is 93.0. The van der Waals surface area contributed by atoms with Crippen LogP contribution in [0.15, 0.2) is 76.0 Å². The van der Waals surface area contributed by atoms with Crippen LogP contribution in [0.1, 0.15) is 30.0 Å². The number of hydrogen-bond donors (Lipinski definition) is 0. The summed E-state index contributed by atoms with van der Waals surface area (Å²) >= 11 is 0. The van der Waals surface area contributed by atoms with E-state index in [0.29, 0.717) is 17.5 Å². The summed E-state index contributed by atoms with van der Waals surface area (Å²) in [7, 11) is -4.38. The first-order valence-electron chi connectivity index (χ1n) is 10.2. The normalized spacial score (nSPS) is 23.5. The van der Waals surface area contributed by atoms with E-state index in [9.17, 15) is 26.3 Å². The molecule has 0 saturated carbocycles. The van der Waals surface area contributed by atoms with Crippen molar-refractivity contribution in [2.45, 2.75) is 37.3 Å². The van der Waals surface area contributed by atoms with E-state index < -0.39 is 38.9 Å². The number of nitrogens with zero attached hydrogens (tertiary/aromatic N) is 4. The van der Waals surface area contributed by atoms with Crippen molar-refractivity contribution >= 4 is 26.7 Å². The molecule has 0 bridgehead atoms. The number of halogens is 6. The van der Waals surface area contributed by atoms with Gasteiger partial charge >= 0.3 is 32.9 Å². The minimum absolute atomic E-state index is 0.170. The van der Waals surface area contributed by atoms with Crippen molar-refractivity contribution in [3.63, 3.8) is 0 Å². The molecule has 180 valence electrons. The van der Waals surface area contributed by atoms with Crippen molar-refractivity contribution in [1.82, 2.24) is 4.67 Å². The molecular weight excluding hydrogens is 482 g/mol. The lowest BCUT2D eigenvalue weighted by molar-refractivity contribution is -0.0764. The van der Waals surface area contributed by atoms with Crippen molar-refractivity contribution in [2.75, 3.05) is 0 Å². The molecule has 2 aromatic carbocycles. The Morgan fingerprint density at radius 1 is 1.03 bits per heavy atom. The second-order valence-corrected chi connectivity index (χ2v) is 10.3. The highest BCUT2D eigenvalue weighted by atomic mass is 28.4. The average molecular weight is 500 g/mol. The molecule has 2 aliphatic heterocycles. The van der Waals surface area contributed by atoms with E-state index >= 15 is 0 Å². The van der Waals surface area contributed by atoms with Gasteiger partial charge in [-0.15, -0.1) is 10.2 Å². The Morgan fingerprint density at radius 3 is 2.29 bits per heavy atom. The maximum Gasteiger partial charge on any atom is 0.607 e. The van der Waals surface area contributed by atoms with E-state index in [1.54, 1.807) is 60.7 Å². The summed E-state index contributed by atoms with van der Waals surface area (Å²) in [6.45, 7) is 0. The van der Waals surface area contributed by atoms with Crippen molar-refractivity contribution in [3.05, 3.63) is 71.8 Å². The van der Waals surface area contributed by atoms with Gasteiger partial charge in [-0.3, -0.25) is 0 Å². The van der Waals surface area contributed by atoms with Gasteiger partial charge in [-0.1, -0.05) is 60.7 Å². The predicted octanol–water partition coefficient (Wildman–Crippen LogP) is 5.68. The third kappa shape index (κ3) is 5.08. The molecule has 0 amide bonds. The molecule has 0 aromatic heterocycles. The predicted molar refractivity (Wildman–Crippen MR) is 114 cm³/mol. The molecule has 13 heteroatoms. The second-order valence-electron chi connectivity index (χ2n) is 7.54. The van der Waals surface area contributed by atoms with Gasteiger partial charge in [0.1, 0.15) is 0 Å². The number of hydrazone groups is 1. The van der Waals surface area contributed by atoms with Crippen LogP contribution in [0.4, 0.5) is 26.3 Å². The summed E-state index contributed by atoms with van der Waals surface area (Å²) in [5, 5.41) is 10.1. The van der Waals surface area contributed by atoms with Gasteiger partial charge in [-0.2, -0.15) is 31.4 Å². The minimum atomic E-state index is -5.12. The van der Waals surface area contributed by atoms with Crippen molar-refractivity contribution in [2.24, 2.45) is 15.3 Å². The molecule has 2 aromatic rings. The van der Waals surface area contributed by atoms with Gasteiger partial charge in [-0.05, 0) is 24.0 Å². The van der Waals surface area contributed by atoms with Crippen LogP contribution in [0.25, 0.3) is 0 Å². The Balaban J connectivity index is 1.70. The molecule has 0 spiro atoms. The molecule has 4 rings (SSSR count). The summed E-state index contributed by atoms with van der Waals surface area (Å²) in [5.74, 6) is -3.42. The molecule has 0 aliphatic carbocycles. The summed E-state index contributed by atoms with van der Waals surface area (Å²) in [6, 6.07) is 15.7. The molecule has 0 radical (unpaired) electrons. The molecule has 2 aliphatic rings. The van der Waals surface area contributed by atoms with Crippen LogP contribution in [0.5, 0.6) is 0 Å². The first-order chi connectivity index (χ1) is 16.1. The summed E-state index contributed by atoms with van der Waals surface area (Å²) in [6.07, 6.45) is -8.40. The minimum Gasteiger partial charge on any atom is -0.476 e. The highest BCUT2D eigenvalue weighted by Gasteiger charge is 2.65. The van der Waals surface area contributed by atoms with Gasteiger partial charge in [0, 0.05) is 6.04 Å². The third-order valence-electron chi connectivity index (χ3n) is 5.15. The quantitative estimate of drug-likeness (QED) is 0.179. The second kappa shape index (κ2) is 9.12. The standard InChI is InChI=1S/C21H18F6N4O2Si/c22-20(23,24)18(29-28-14-15-8-3-1-4-9-15)32-34-13-7-12-17(16-10-5-2-6-11-16)31(34)30-19(33-34)21(25,26)27/h1-6,8-11,14,17H,7,12-13H2/b28-14+,29-18+. The summed E-state index contributed by atoms with van der Waals surface area (Å²) in [4.78, 5) is 0. The fourth-order valence-electron chi connectivity index (χ4n) is 3.70. The van der Waals surface area contributed by atoms with Crippen LogP contribution in [-0.2, 0) is 8.85 Å². The molecule has 2 atom stereocenters. The zero-order valence-corrected chi connectivity index (χ0v) is 18.4. The Kier molecular flexibility index (Phi) is 6.38.